The fourth-order valence-corrected chi connectivity index (χ4v) is 2.47. The van der Waals surface area contributed by atoms with Crippen LogP contribution in [0.2, 0.25) is 0 Å². The highest BCUT2D eigenvalue weighted by atomic mass is 32.2. The summed E-state index contributed by atoms with van der Waals surface area (Å²) in [5.41, 5.74) is 2.54. The number of rotatable bonds is 4. The van der Waals surface area contributed by atoms with Crippen LogP contribution in [0.1, 0.15) is 11.1 Å². The van der Waals surface area contributed by atoms with Crippen molar-refractivity contribution in [2.45, 2.75) is 23.4 Å². The van der Waals surface area contributed by atoms with E-state index < -0.39 is 0 Å². The van der Waals surface area contributed by atoms with E-state index in [1.165, 1.54) is 16.0 Å². The smallest absolute Gasteiger partial charge is 0.101 e. The molecular weight excluding hydrogens is 228 g/mol. The lowest BCUT2D eigenvalue weighted by molar-refractivity contribution is 0.802. The average Bonchev–Trinajstić information content (AvgIpc) is 2.34. The van der Waals surface area contributed by atoms with E-state index in [1.807, 2.05) is 31.4 Å². The lowest BCUT2D eigenvalue weighted by atomic mass is 10.2. The molecule has 0 aliphatic heterocycles. The van der Waals surface area contributed by atoms with Gasteiger partial charge in [-0.05, 0) is 43.3 Å². The number of pyridine rings is 1. The first kappa shape index (κ1) is 12.1. The molecular formula is C14H16N2S. The first-order valence-electron chi connectivity index (χ1n) is 5.62. The molecule has 0 atom stereocenters. The third kappa shape index (κ3) is 3.32. The van der Waals surface area contributed by atoms with Gasteiger partial charge in [0.05, 0.1) is 0 Å². The Morgan fingerprint density at radius 3 is 2.65 bits per heavy atom. The van der Waals surface area contributed by atoms with Gasteiger partial charge >= 0.3 is 0 Å². The molecule has 0 aliphatic rings. The second-order valence-electron chi connectivity index (χ2n) is 3.89. The highest BCUT2D eigenvalue weighted by Gasteiger charge is 2.02. The zero-order chi connectivity index (χ0) is 12.1. The van der Waals surface area contributed by atoms with Crippen LogP contribution in [0.3, 0.4) is 0 Å². The summed E-state index contributed by atoms with van der Waals surface area (Å²) in [6, 6.07) is 12.5. The Hall–Kier alpha value is -1.32. The van der Waals surface area contributed by atoms with E-state index in [9.17, 15) is 0 Å². The summed E-state index contributed by atoms with van der Waals surface area (Å²) in [6.07, 6.45) is 1.96. The molecule has 0 fully saturated rings. The van der Waals surface area contributed by atoms with Crippen molar-refractivity contribution in [3.05, 3.63) is 53.7 Å². The quantitative estimate of drug-likeness (QED) is 0.893. The molecule has 0 amide bonds. The van der Waals surface area contributed by atoms with Gasteiger partial charge in [0.1, 0.15) is 5.03 Å². The molecule has 2 aromatic rings. The number of aryl methyl sites for hydroxylation is 1. The molecule has 2 rings (SSSR count). The van der Waals surface area contributed by atoms with Gasteiger partial charge in [0.2, 0.25) is 0 Å². The van der Waals surface area contributed by atoms with Crippen LogP contribution in [0.5, 0.6) is 0 Å². The van der Waals surface area contributed by atoms with Gasteiger partial charge in [-0.1, -0.05) is 30.0 Å². The topological polar surface area (TPSA) is 24.9 Å². The first-order valence-corrected chi connectivity index (χ1v) is 6.44. The molecule has 1 heterocycles. The third-order valence-electron chi connectivity index (χ3n) is 2.53. The van der Waals surface area contributed by atoms with Crippen LogP contribution in [0.4, 0.5) is 0 Å². The fourth-order valence-electron chi connectivity index (χ4n) is 1.60. The Balaban J connectivity index is 2.15. The summed E-state index contributed by atoms with van der Waals surface area (Å²) in [6.45, 7) is 3.00. The molecule has 17 heavy (non-hydrogen) atoms. The number of nitrogens with zero attached hydrogens (tertiary/aromatic N) is 1. The largest absolute Gasteiger partial charge is 0.316 e. The van der Waals surface area contributed by atoms with Gasteiger partial charge in [-0.15, -0.1) is 0 Å². The molecule has 1 aromatic carbocycles. The van der Waals surface area contributed by atoms with Crippen molar-refractivity contribution >= 4 is 11.8 Å². The molecule has 0 saturated carbocycles. The summed E-state index contributed by atoms with van der Waals surface area (Å²) in [4.78, 5) is 5.70. The lowest BCUT2D eigenvalue weighted by Crippen LogP contribution is -2.07. The lowest BCUT2D eigenvalue weighted by Gasteiger charge is -2.07. The van der Waals surface area contributed by atoms with Gasteiger partial charge in [-0.2, -0.15) is 0 Å². The van der Waals surface area contributed by atoms with Crippen molar-refractivity contribution in [2.75, 3.05) is 7.05 Å². The van der Waals surface area contributed by atoms with Crippen molar-refractivity contribution < 1.29 is 0 Å². The summed E-state index contributed by atoms with van der Waals surface area (Å²) < 4.78 is 0. The Morgan fingerprint density at radius 2 is 2.00 bits per heavy atom. The number of nitrogens with one attached hydrogen (secondary N) is 1. The molecule has 0 bridgehead atoms. The van der Waals surface area contributed by atoms with Gasteiger partial charge in [0, 0.05) is 17.6 Å². The molecule has 0 unspecified atom stereocenters. The fraction of sp³-hybridized carbons (Fsp3) is 0.214. The van der Waals surface area contributed by atoms with Crippen LogP contribution in [-0.4, -0.2) is 12.0 Å². The van der Waals surface area contributed by atoms with Crippen molar-refractivity contribution in [1.82, 2.24) is 10.3 Å². The van der Waals surface area contributed by atoms with Crippen molar-refractivity contribution in [3.63, 3.8) is 0 Å². The second kappa shape index (κ2) is 5.84. The van der Waals surface area contributed by atoms with Crippen LogP contribution in [0.15, 0.2) is 52.5 Å². The maximum Gasteiger partial charge on any atom is 0.101 e. The van der Waals surface area contributed by atoms with E-state index in [2.05, 4.69) is 35.4 Å². The first-order chi connectivity index (χ1) is 8.29. The molecule has 88 valence electrons. The van der Waals surface area contributed by atoms with Crippen molar-refractivity contribution in [3.8, 4) is 0 Å². The summed E-state index contributed by atoms with van der Waals surface area (Å²) in [7, 11) is 1.95. The van der Waals surface area contributed by atoms with Gasteiger partial charge < -0.3 is 5.32 Å². The van der Waals surface area contributed by atoms with Crippen molar-refractivity contribution in [2.24, 2.45) is 0 Å². The average molecular weight is 244 g/mol. The van der Waals surface area contributed by atoms with E-state index in [1.54, 1.807) is 11.8 Å². The van der Waals surface area contributed by atoms with Crippen molar-refractivity contribution in [1.29, 1.82) is 0 Å². The predicted octanol–water partition coefficient (Wildman–Crippen LogP) is 3.26. The molecule has 3 heteroatoms. The molecule has 0 saturated heterocycles. The number of hydrogen-bond acceptors (Lipinski definition) is 3. The van der Waals surface area contributed by atoms with Crippen LogP contribution < -0.4 is 5.32 Å². The monoisotopic (exact) mass is 244 g/mol. The second-order valence-corrected chi connectivity index (χ2v) is 4.99. The minimum atomic E-state index is 0.870. The van der Waals surface area contributed by atoms with Gasteiger partial charge in [0.25, 0.3) is 0 Å². The van der Waals surface area contributed by atoms with Crippen LogP contribution in [-0.2, 0) is 6.54 Å². The number of benzene rings is 1. The normalized spacial score (nSPS) is 10.5. The minimum absolute atomic E-state index is 0.870. The summed E-state index contributed by atoms with van der Waals surface area (Å²) in [5.74, 6) is 0. The van der Waals surface area contributed by atoms with Gasteiger partial charge in [-0.25, -0.2) is 4.98 Å². The van der Waals surface area contributed by atoms with E-state index in [4.69, 9.17) is 0 Å². The molecule has 2 nitrogen and oxygen atoms in total. The SMILES string of the molecule is CNCc1cnc(Sc2ccccc2)cc1C. The Labute approximate surface area is 106 Å². The molecule has 0 aliphatic carbocycles. The van der Waals surface area contributed by atoms with Gasteiger partial charge in [0.15, 0.2) is 0 Å². The Bertz CT molecular complexity index is 483. The summed E-state index contributed by atoms with van der Waals surface area (Å²) in [5, 5.41) is 4.20. The maximum atomic E-state index is 4.48. The zero-order valence-corrected chi connectivity index (χ0v) is 10.9. The highest BCUT2D eigenvalue weighted by Crippen LogP contribution is 2.26. The minimum Gasteiger partial charge on any atom is -0.316 e. The number of aromatic nitrogens is 1. The van der Waals surface area contributed by atoms with Gasteiger partial charge in [-0.3, -0.25) is 0 Å². The molecule has 1 aromatic heterocycles. The predicted molar refractivity (Wildman–Crippen MR) is 72.3 cm³/mol. The highest BCUT2D eigenvalue weighted by molar-refractivity contribution is 7.99. The Morgan fingerprint density at radius 1 is 1.24 bits per heavy atom. The van der Waals surface area contributed by atoms with E-state index in [0.717, 1.165) is 11.6 Å². The standard InChI is InChI=1S/C14H16N2S/c1-11-8-14(16-10-12(11)9-15-2)17-13-6-4-3-5-7-13/h3-8,10,15H,9H2,1-2H3. The molecule has 0 radical (unpaired) electrons. The van der Waals surface area contributed by atoms with E-state index >= 15 is 0 Å². The van der Waals surface area contributed by atoms with Crippen LogP contribution in [0.25, 0.3) is 0 Å². The maximum absolute atomic E-state index is 4.48. The number of hydrogen-bond donors (Lipinski definition) is 1. The van der Waals surface area contributed by atoms with Crippen LogP contribution >= 0.6 is 11.8 Å². The van der Waals surface area contributed by atoms with Crippen LogP contribution in [0, 0.1) is 6.92 Å². The molecule has 0 spiro atoms. The molecule has 1 N–H and O–H groups in total. The Kier molecular flexibility index (Phi) is 4.18. The third-order valence-corrected chi connectivity index (χ3v) is 3.47. The zero-order valence-electron chi connectivity index (χ0n) is 10.1. The van der Waals surface area contributed by atoms with E-state index in [0.29, 0.717) is 0 Å². The summed E-state index contributed by atoms with van der Waals surface area (Å²) >= 11 is 1.70. The van der Waals surface area contributed by atoms with E-state index in [-0.39, 0.29) is 0 Å².